The van der Waals surface area contributed by atoms with E-state index >= 15 is 0 Å². The highest BCUT2D eigenvalue weighted by molar-refractivity contribution is 9.10. The van der Waals surface area contributed by atoms with E-state index in [0.717, 1.165) is 31.7 Å². The van der Waals surface area contributed by atoms with Crippen molar-refractivity contribution in [1.29, 1.82) is 0 Å². The molecular formula is C15H21BrFNO. The Kier molecular flexibility index (Phi) is 5.37. The molecule has 0 aliphatic carbocycles. The summed E-state index contributed by atoms with van der Waals surface area (Å²) in [7, 11) is 0. The Labute approximate surface area is 122 Å². The smallest absolute Gasteiger partial charge is 0.137 e. The average Bonchev–Trinajstić information content (AvgIpc) is 2.80. The second-order valence-corrected chi connectivity index (χ2v) is 6.42. The fourth-order valence-corrected chi connectivity index (χ4v) is 2.85. The van der Waals surface area contributed by atoms with Gasteiger partial charge in [-0.2, -0.15) is 0 Å². The molecule has 0 spiro atoms. The molecule has 0 amide bonds. The zero-order chi connectivity index (χ0) is 13.8. The second kappa shape index (κ2) is 6.82. The predicted molar refractivity (Wildman–Crippen MR) is 78.6 cm³/mol. The molecule has 2 unspecified atom stereocenters. The van der Waals surface area contributed by atoms with Crippen LogP contribution in [0.3, 0.4) is 0 Å². The molecule has 1 aromatic rings. The lowest BCUT2D eigenvalue weighted by Gasteiger charge is -2.20. The average molecular weight is 330 g/mol. The van der Waals surface area contributed by atoms with Crippen LogP contribution in [0.15, 0.2) is 22.7 Å². The summed E-state index contributed by atoms with van der Waals surface area (Å²) in [5.74, 6) is 0.896. The Hall–Kier alpha value is -0.450. The van der Waals surface area contributed by atoms with Crippen LogP contribution in [0.1, 0.15) is 31.9 Å². The zero-order valence-electron chi connectivity index (χ0n) is 11.5. The highest BCUT2D eigenvalue weighted by Gasteiger charge is 2.29. The number of ether oxygens (including phenoxy) is 1. The zero-order valence-corrected chi connectivity index (χ0v) is 13.0. The third kappa shape index (κ3) is 4.01. The summed E-state index contributed by atoms with van der Waals surface area (Å²) in [6.45, 7) is 7.17. The first kappa shape index (κ1) is 14.9. The first-order valence-electron chi connectivity index (χ1n) is 6.85. The Morgan fingerprint density at radius 2 is 2.26 bits per heavy atom. The molecule has 0 radical (unpaired) electrons. The van der Waals surface area contributed by atoms with E-state index in [1.165, 1.54) is 6.07 Å². The topological polar surface area (TPSA) is 21.3 Å². The summed E-state index contributed by atoms with van der Waals surface area (Å²) in [6, 6.07) is 5.16. The molecule has 2 nitrogen and oxygen atoms in total. The molecule has 1 aliphatic rings. The van der Waals surface area contributed by atoms with E-state index in [9.17, 15) is 4.39 Å². The summed E-state index contributed by atoms with van der Waals surface area (Å²) < 4.78 is 19.6. The van der Waals surface area contributed by atoms with Gasteiger partial charge >= 0.3 is 0 Å². The SMILES string of the molecule is CC(C)CNCC1CCOC1c1ccc(F)c(Br)c1. The van der Waals surface area contributed by atoms with Gasteiger partial charge in [0.05, 0.1) is 10.6 Å². The van der Waals surface area contributed by atoms with Crippen molar-refractivity contribution in [2.75, 3.05) is 19.7 Å². The minimum atomic E-state index is -0.226. The first-order chi connectivity index (χ1) is 9.08. The van der Waals surface area contributed by atoms with E-state index in [-0.39, 0.29) is 11.9 Å². The molecule has 1 aliphatic heterocycles. The van der Waals surface area contributed by atoms with Crippen molar-refractivity contribution in [2.45, 2.75) is 26.4 Å². The minimum Gasteiger partial charge on any atom is -0.373 e. The van der Waals surface area contributed by atoms with Crippen molar-refractivity contribution in [3.05, 3.63) is 34.1 Å². The van der Waals surface area contributed by atoms with Gasteiger partial charge in [0.15, 0.2) is 0 Å². The largest absolute Gasteiger partial charge is 0.373 e. The molecule has 0 aromatic heterocycles. The summed E-state index contributed by atoms with van der Waals surface area (Å²) in [5, 5.41) is 3.49. The lowest BCUT2D eigenvalue weighted by Crippen LogP contribution is -2.28. The van der Waals surface area contributed by atoms with E-state index in [1.807, 2.05) is 12.1 Å². The van der Waals surface area contributed by atoms with Gasteiger partial charge in [0.25, 0.3) is 0 Å². The van der Waals surface area contributed by atoms with E-state index in [4.69, 9.17) is 4.74 Å². The van der Waals surface area contributed by atoms with Crippen LogP contribution < -0.4 is 5.32 Å². The molecule has 106 valence electrons. The van der Waals surface area contributed by atoms with Gasteiger partial charge in [-0.1, -0.05) is 19.9 Å². The van der Waals surface area contributed by atoms with E-state index < -0.39 is 0 Å². The normalized spacial score (nSPS) is 23.2. The summed E-state index contributed by atoms with van der Waals surface area (Å²) >= 11 is 3.24. The maximum Gasteiger partial charge on any atom is 0.137 e. The van der Waals surface area contributed by atoms with E-state index in [2.05, 4.69) is 35.1 Å². The van der Waals surface area contributed by atoms with Crippen LogP contribution in [-0.2, 0) is 4.74 Å². The highest BCUT2D eigenvalue weighted by atomic mass is 79.9. The van der Waals surface area contributed by atoms with Gasteiger partial charge in [-0.3, -0.25) is 0 Å². The van der Waals surface area contributed by atoms with Gasteiger partial charge in [-0.25, -0.2) is 4.39 Å². The van der Waals surface area contributed by atoms with Gasteiger partial charge < -0.3 is 10.1 Å². The van der Waals surface area contributed by atoms with Gasteiger partial charge in [0.2, 0.25) is 0 Å². The number of benzene rings is 1. The lowest BCUT2D eigenvalue weighted by molar-refractivity contribution is 0.0902. The van der Waals surface area contributed by atoms with Crippen molar-refractivity contribution >= 4 is 15.9 Å². The third-order valence-electron chi connectivity index (χ3n) is 3.45. The number of hydrogen-bond acceptors (Lipinski definition) is 2. The highest BCUT2D eigenvalue weighted by Crippen LogP contribution is 2.35. The van der Waals surface area contributed by atoms with Gasteiger partial charge in [0.1, 0.15) is 5.82 Å². The van der Waals surface area contributed by atoms with Gasteiger partial charge in [0, 0.05) is 19.1 Å². The van der Waals surface area contributed by atoms with Gasteiger partial charge in [-0.05, 0) is 52.5 Å². The van der Waals surface area contributed by atoms with E-state index in [0.29, 0.717) is 16.3 Å². The Morgan fingerprint density at radius 3 is 2.95 bits per heavy atom. The van der Waals surface area contributed by atoms with Crippen molar-refractivity contribution in [2.24, 2.45) is 11.8 Å². The number of rotatable bonds is 5. The van der Waals surface area contributed by atoms with E-state index in [1.54, 1.807) is 0 Å². The molecule has 1 aromatic carbocycles. The third-order valence-corrected chi connectivity index (χ3v) is 4.05. The fourth-order valence-electron chi connectivity index (χ4n) is 2.46. The Morgan fingerprint density at radius 1 is 1.47 bits per heavy atom. The first-order valence-corrected chi connectivity index (χ1v) is 7.64. The number of hydrogen-bond donors (Lipinski definition) is 1. The van der Waals surface area contributed by atoms with Crippen LogP contribution in [0.5, 0.6) is 0 Å². The Bertz CT molecular complexity index is 425. The molecule has 19 heavy (non-hydrogen) atoms. The Balaban J connectivity index is 1.99. The molecule has 0 saturated carbocycles. The number of halogens is 2. The number of nitrogens with one attached hydrogen (secondary N) is 1. The quantitative estimate of drug-likeness (QED) is 0.884. The molecule has 1 fully saturated rings. The predicted octanol–water partition coefficient (Wildman–Crippen LogP) is 3.91. The molecule has 2 atom stereocenters. The van der Waals surface area contributed by atoms with Crippen LogP contribution >= 0.6 is 15.9 Å². The van der Waals surface area contributed by atoms with Crippen LogP contribution in [0, 0.1) is 17.7 Å². The maximum absolute atomic E-state index is 13.3. The summed E-state index contributed by atoms with van der Waals surface area (Å²) in [4.78, 5) is 0. The standard InChI is InChI=1S/C15H21BrFNO/c1-10(2)8-18-9-12-5-6-19-15(12)11-3-4-14(17)13(16)7-11/h3-4,7,10,12,15,18H,5-6,8-9H2,1-2H3. The molecular weight excluding hydrogens is 309 g/mol. The van der Waals surface area contributed by atoms with Crippen LogP contribution in [0.2, 0.25) is 0 Å². The van der Waals surface area contributed by atoms with Crippen LogP contribution in [0.4, 0.5) is 4.39 Å². The second-order valence-electron chi connectivity index (χ2n) is 5.57. The fraction of sp³-hybridized carbons (Fsp3) is 0.600. The van der Waals surface area contributed by atoms with Gasteiger partial charge in [-0.15, -0.1) is 0 Å². The van der Waals surface area contributed by atoms with Crippen molar-refractivity contribution in [3.8, 4) is 0 Å². The molecule has 0 bridgehead atoms. The van der Waals surface area contributed by atoms with Crippen LogP contribution in [-0.4, -0.2) is 19.7 Å². The minimum absolute atomic E-state index is 0.0802. The molecule has 1 heterocycles. The molecule has 1 saturated heterocycles. The molecule has 2 rings (SSSR count). The van der Waals surface area contributed by atoms with Crippen molar-refractivity contribution in [3.63, 3.8) is 0 Å². The monoisotopic (exact) mass is 329 g/mol. The van der Waals surface area contributed by atoms with Crippen molar-refractivity contribution in [1.82, 2.24) is 5.32 Å². The lowest BCUT2D eigenvalue weighted by atomic mass is 9.95. The molecule has 4 heteroatoms. The van der Waals surface area contributed by atoms with Crippen molar-refractivity contribution < 1.29 is 9.13 Å². The van der Waals surface area contributed by atoms with Crippen LogP contribution in [0.25, 0.3) is 0 Å². The maximum atomic E-state index is 13.3. The molecule has 1 N–H and O–H groups in total. The summed E-state index contributed by atoms with van der Waals surface area (Å²) in [6.07, 6.45) is 1.14. The summed E-state index contributed by atoms with van der Waals surface area (Å²) in [5.41, 5.74) is 1.06.